The van der Waals surface area contributed by atoms with Crippen molar-refractivity contribution in [2.45, 2.75) is 4.90 Å². The van der Waals surface area contributed by atoms with E-state index in [1.54, 1.807) is 0 Å². The van der Waals surface area contributed by atoms with E-state index in [1.807, 2.05) is 4.72 Å². The molecule has 0 spiro atoms. The Morgan fingerprint density at radius 3 is 2.39 bits per heavy atom. The van der Waals surface area contributed by atoms with Gasteiger partial charge in [0.2, 0.25) is 0 Å². The average molecular weight is 443 g/mol. The second-order valence-electron chi connectivity index (χ2n) is 4.30. The van der Waals surface area contributed by atoms with Crippen LogP contribution in [-0.4, -0.2) is 19.5 Å². The molecule has 5 nitrogen and oxygen atoms in total. The van der Waals surface area contributed by atoms with E-state index in [0.717, 1.165) is 18.2 Å². The number of halogens is 4. The molecule has 10 heteroatoms. The molecule has 0 unspecified atom stereocenters. The number of aromatic carboxylic acids is 1. The van der Waals surface area contributed by atoms with Crippen LogP contribution in [0.5, 0.6) is 0 Å². The highest BCUT2D eigenvalue weighted by molar-refractivity contribution is 9.10. The molecule has 0 bridgehead atoms. The summed E-state index contributed by atoms with van der Waals surface area (Å²) in [5.41, 5.74) is -0.746. The Morgan fingerprint density at radius 1 is 1.17 bits per heavy atom. The molecule has 0 aromatic heterocycles. The first-order valence-corrected chi connectivity index (χ1v) is 8.85. The van der Waals surface area contributed by atoms with Crippen molar-refractivity contribution in [1.29, 1.82) is 0 Å². The average Bonchev–Trinajstić information content (AvgIpc) is 2.41. The van der Waals surface area contributed by atoms with E-state index >= 15 is 0 Å². The second kappa shape index (κ2) is 6.64. The van der Waals surface area contributed by atoms with Crippen molar-refractivity contribution in [3.8, 4) is 0 Å². The lowest BCUT2D eigenvalue weighted by atomic mass is 10.2. The molecular formula is C13H7BrCl2FNO4S. The van der Waals surface area contributed by atoms with Crippen LogP contribution in [0.2, 0.25) is 10.0 Å². The fourth-order valence-corrected chi connectivity index (χ4v) is 3.93. The van der Waals surface area contributed by atoms with Gasteiger partial charge in [-0.15, -0.1) is 0 Å². The SMILES string of the molecule is O=C(O)c1cc(S(=O)(=O)Nc2ccc(Br)cc2F)c(Cl)cc1Cl. The number of carbonyl (C=O) groups is 1. The van der Waals surface area contributed by atoms with Crippen molar-refractivity contribution in [2.24, 2.45) is 0 Å². The number of carboxylic acid groups (broad SMARTS) is 1. The molecule has 2 aromatic carbocycles. The van der Waals surface area contributed by atoms with Gasteiger partial charge in [0, 0.05) is 4.47 Å². The fourth-order valence-electron chi connectivity index (χ4n) is 1.67. The summed E-state index contributed by atoms with van der Waals surface area (Å²) in [7, 11) is -4.31. The van der Waals surface area contributed by atoms with Gasteiger partial charge in [-0.25, -0.2) is 17.6 Å². The maximum atomic E-state index is 13.8. The van der Waals surface area contributed by atoms with E-state index in [1.165, 1.54) is 12.1 Å². The minimum atomic E-state index is -4.31. The van der Waals surface area contributed by atoms with Crippen molar-refractivity contribution in [2.75, 3.05) is 4.72 Å². The van der Waals surface area contributed by atoms with Crippen LogP contribution in [-0.2, 0) is 10.0 Å². The molecule has 0 fully saturated rings. The Kier molecular flexibility index (Phi) is 5.20. The van der Waals surface area contributed by atoms with Gasteiger partial charge in [-0.1, -0.05) is 39.1 Å². The number of hydrogen-bond donors (Lipinski definition) is 2. The summed E-state index contributed by atoms with van der Waals surface area (Å²) in [4.78, 5) is 10.5. The zero-order valence-corrected chi connectivity index (χ0v) is 14.9. The first-order chi connectivity index (χ1) is 10.6. The molecule has 0 aliphatic carbocycles. The molecular weight excluding hydrogens is 436 g/mol. The van der Waals surface area contributed by atoms with Gasteiger partial charge in [0.05, 0.1) is 21.3 Å². The summed E-state index contributed by atoms with van der Waals surface area (Å²) in [6, 6.07) is 5.53. The molecule has 23 heavy (non-hydrogen) atoms. The largest absolute Gasteiger partial charge is 0.478 e. The Hall–Kier alpha value is -1.35. The Bertz CT molecular complexity index is 905. The van der Waals surface area contributed by atoms with Gasteiger partial charge in [0.25, 0.3) is 10.0 Å². The van der Waals surface area contributed by atoms with Gasteiger partial charge in [-0.2, -0.15) is 0 Å². The lowest BCUT2D eigenvalue weighted by Gasteiger charge is -2.12. The highest BCUT2D eigenvalue weighted by Crippen LogP contribution is 2.30. The molecule has 0 aliphatic rings. The molecule has 0 saturated heterocycles. The number of benzene rings is 2. The minimum absolute atomic E-state index is 0.212. The highest BCUT2D eigenvalue weighted by Gasteiger charge is 2.23. The molecule has 0 amide bonds. The number of rotatable bonds is 4. The Labute approximate surface area is 149 Å². The standard InChI is InChI=1S/C13H7BrCl2FNO4S/c14-6-1-2-11(10(17)3-6)18-23(21,22)12-4-7(13(19)20)8(15)5-9(12)16/h1-5,18H,(H,19,20). The lowest BCUT2D eigenvalue weighted by molar-refractivity contribution is 0.0697. The zero-order chi connectivity index (χ0) is 17.4. The quantitative estimate of drug-likeness (QED) is 0.735. The predicted molar refractivity (Wildman–Crippen MR) is 88.3 cm³/mol. The number of sulfonamides is 1. The van der Waals surface area contributed by atoms with E-state index in [0.29, 0.717) is 4.47 Å². The number of anilines is 1. The monoisotopic (exact) mass is 441 g/mol. The first-order valence-electron chi connectivity index (χ1n) is 5.82. The summed E-state index contributed by atoms with van der Waals surface area (Å²) in [6.45, 7) is 0. The van der Waals surface area contributed by atoms with Crippen LogP contribution in [0.4, 0.5) is 10.1 Å². The second-order valence-corrected chi connectivity index (χ2v) is 7.68. The normalized spacial score (nSPS) is 11.3. The Balaban J connectivity index is 2.51. The highest BCUT2D eigenvalue weighted by atomic mass is 79.9. The van der Waals surface area contributed by atoms with Crippen LogP contribution < -0.4 is 4.72 Å². The van der Waals surface area contributed by atoms with Crippen molar-refractivity contribution in [3.63, 3.8) is 0 Å². The lowest BCUT2D eigenvalue weighted by Crippen LogP contribution is -2.15. The third kappa shape index (κ3) is 3.95. The fraction of sp³-hybridized carbons (Fsp3) is 0. The van der Waals surface area contributed by atoms with E-state index in [2.05, 4.69) is 15.9 Å². The summed E-state index contributed by atoms with van der Waals surface area (Å²) < 4.78 is 40.9. The summed E-state index contributed by atoms with van der Waals surface area (Å²) in [5, 5.41) is 8.50. The molecule has 122 valence electrons. The maximum Gasteiger partial charge on any atom is 0.337 e. The van der Waals surface area contributed by atoms with Crippen LogP contribution in [0.3, 0.4) is 0 Å². The number of nitrogens with one attached hydrogen (secondary N) is 1. The van der Waals surface area contributed by atoms with Gasteiger partial charge >= 0.3 is 5.97 Å². The van der Waals surface area contributed by atoms with Crippen molar-refractivity contribution < 1.29 is 22.7 Å². The third-order valence-corrected chi connectivity index (χ3v) is 5.35. The number of hydrogen-bond acceptors (Lipinski definition) is 3. The molecule has 2 rings (SSSR count). The predicted octanol–water partition coefficient (Wildman–Crippen LogP) is 4.39. The minimum Gasteiger partial charge on any atom is -0.478 e. The van der Waals surface area contributed by atoms with Crippen molar-refractivity contribution in [3.05, 3.63) is 56.2 Å². The van der Waals surface area contributed by atoms with Crippen molar-refractivity contribution >= 4 is 60.8 Å². The molecule has 2 N–H and O–H groups in total. The van der Waals surface area contributed by atoms with E-state index < -0.39 is 32.3 Å². The third-order valence-electron chi connectivity index (χ3n) is 2.72. The molecule has 0 aliphatic heterocycles. The maximum absolute atomic E-state index is 13.8. The van der Waals surface area contributed by atoms with Crippen LogP contribution in [0.15, 0.2) is 39.7 Å². The van der Waals surface area contributed by atoms with Crippen LogP contribution in [0.25, 0.3) is 0 Å². The van der Waals surface area contributed by atoms with E-state index in [-0.39, 0.29) is 15.7 Å². The van der Waals surface area contributed by atoms with E-state index in [9.17, 15) is 17.6 Å². The summed E-state index contributed by atoms with van der Waals surface area (Å²) >= 11 is 14.6. The van der Waals surface area contributed by atoms with Crippen LogP contribution in [0.1, 0.15) is 10.4 Å². The molecule has 2 aromatic rings. The smallest absolute Gasteiger partial charge is 0.337 e. The van der Waals surface area contributed by atoms with Gasteiger partial charge in [-0.05, 0) is 30.3 Å². The topological polar surface area (TPSA) is 83.5 Å². The number of carboxylic acids is 1. The van der Waals surface area contributed by atoms with E-state index in [4.69, 9.17) is 28.3 Å². The summed E-state index contributed by atoms with van der Waals surface area (Å²) in [5.74, 6) is -2.23. The molecule has 0 radical (unpaired) electrons. The molecule has 0 saturated carbocycles. The van der Waals surface area contributed by atoms with Gasteiger partial charge < -0.3 is 5.11 Å². The van der Waals surface area contributed by atoms with Gasteiger partial charge in [0.15, 0.2) is 0 Å². The zero-order valence-electron chi connectivity index (χ0n) is 11.0. The van der Waals surface area contributed by atoms with Crippen molar-refractivity contribution in [1.82, 2.24) is 0 Å². The molecule has 0 atom stereocenters. The van der Waals surface area contributed by atoms with Crippen LogP contribution in [0, 0.1) is 5.82 Å². The Morgan fingerprint density at radius 2 is 1.83 bits per heavy atom. The molecule has 0 heterocycles. The van der Waals surface area contributed by atoms with Crippen LogP contribution >= 0.6 is 39.1 Å². The first kappa shape index (κ1) is 18.0. The summed E-state index contributed by atoms with van der Waals surface area (Å²) in [6.07, 6.45) is 0. The van der Waals surface area contributed by atoms with Gasteiger partial charge in [0.1, 0.15) is 10.7 Å². The van der Waals surface area contributed by atoms with Gasteiger partial charge in [-0.3, -0.25) is 4.72 Å².